The van der Waals surface area contributed by atoms with Crippen LogP contribution in [-0.4, -0.2) is 65.9 Å². The average molecular weight is 536 g/mol. The minimum atomic E-state index is -4.00. The molecule has 11 heteroatoms. The Morgan fingerprint density at radius 1 is 1.03 bits per heavy atom. The van der Waals surface area contributed by atoms with Crippen molar-refractivity contribution in [1.29, 1.82) is 0 Å². The van der Waals surface area contributed by atoms with Crippen molar-refractivity contribution in [3.63, 3.8) is 0 Å². The first kappa shape index (κ1) is 27.7. The lowest BCUT2D eigenvalue weighted by Crippen LogP contribution is -2.36. The number of morpholine rings is 1. The van der Waals surface area contributed by atoms with E-state index in [1.54, 1.807) is 11.0 Å². The zero-order valence-corrected chi connectivity index (χ0v) is 22.1. The van der Waals surface area contributed by atoms with Gasteiger partial charge in [-0.1, -0.05) is 0 Å². The Morgan fingerprint density at radius 2 is 1.66 bits per heavy atom. The molecule has 0 unspecified atom stereocenters. The van der Waals surface area contributed by atoms with E-state index < -0.39 is 12.0 Å². The smallest absolute Gasteiger partial charge is 0.378 e. The number of pyridine rings is 1. The van der Waals surface area contributed by atoms with Gasteiger partial charge in [0.1, 0.15) is 5.82 Å². The van der Waals surface area contributed by atoms with Gasteiger partial charge in [-0.05, 0) is 62.9 Å². The first-order valence-corrected chi connectivity index (χ1v) is 12.7. The van der Waals surface area contributed by atoms with E-state index in [2.05, 4.69) is 33.8 Å². The van der Waals surface area contributed by atoms with Crippen molar-refractivity contribution < 1.29 is 27.1 Å². The van der Waals surface area contributed by atoms with Crippen LogP contribution >= 0.6 is 0 Å². The fourth-order valence-electron chi connectivity index (χ4n) is 4.73. The SMILES string of the molecule is CC(F)(F)F.Cc1cc(F)c(NC(=O)N2CCCC2)cc1-c1cc(N2CCOCC2)c2nc(C)c(C)n2c1. The summed E-state index contributed by atoms with van der Waals surface area (Å²) in [4.78, 5) is 21.4. The Balaban J connectivity index is 0.000000617. The summed E-state index contributed by atoms with van der Waals surface area (Å²) in [6.45, 7) is 10.5. The van der Waals surface area contributed by atoms with E-state index in [-0.39, 0.29) is 18.6 Å². The minimum Gasteiger partial charge on any atom is -0.378 e. The van der Waals surface area contributed by atoms with Crippen LogP contribution in [0.5, 0.6) is 0 Å². The van der Waals surface area contributed by atoms with Gasteiger partial charge in [0.05, 0.1) is 30.3 Å². The number of nitrogens with zero attached hydrogens (tertiary/aromatic N) is 4. The highest BCUT2D eigenvalue weighted by molar-refractivity contribution is 5.91. The maximum Gasteiger partial charge on any atom is 0.386 e. The maximum atomic E-state index is 14.8. The fourth-order valence-corrected chi connectivity index (χ4v) is 4.73. The quantitative estimate of drug-likeness (QED) is 0.412. The Bertz CT molecular complexity index is 1300. The molecule has 4 heterocycles. The van der Waals surface area contributed by atoms with Crippen LogP contribution in [0.2, 0.25) is 0 Å². The van der Waals surface area contributed by atoms with E-state index in [0.717, 1.165) is 65.3 Å². The van der Waals surface area contributed by atoms with Crippen molar-refractivity contribution in [3.05, 3.63) is 47.2 Å². The third-order valence-corrected chi connectivity index (χ3v) is 6.79. The number of nitrogens with one attached hydrogen (secondary N) is 1. The second kappa shape index (κ2) is 11.2. The van der Waals surface area contributed by atoms with E-state index in [0.29, 0.717) is 26.3 Å². The number of imidazole rings is 1. The van der Waals surface area contributed by atoms with Crippen molar-refractivity contribution >= 4 is 23.1 Å². The molecule has 3 aromatic rings. The van der Waals surface area contributed by atoms with Crippen LogP contribution < -0.4 is 10.2 Å². The Labute approximate surface area is 219 Å². The van der Waals surface area contributed by atoms with Crippen LogP contribution in [0.1, 0.15) is 36.7 Å². The standard InChI is InChI=1S/C25H30FN5O2.C2H3F3/c1-16-12-21(26)22(28-25(32)30-6-4-5-7-30)14-20(16)19-13-23(29-8-10-33-11-9-29)24-27-17(2)18(3)31(24)15-19;1-2(3,4)5/h12-15H,4-11H2,1-3H3,(H,28,32);1H3. The lowest BCUT2D eigenvalue weighted by molar-refractivity contribution is -0.110. The van der Waals surface area contributed by atoms with Crippen molar-refractivity contribution in [3.8, 4) is 11.1 Å². The number of anilines is 2. The molecule has 38 heavy (non-hydrogen) atoms. The zero-order chi connectivity index (χ0) is 27.6. The number of rotatable bonds is 3. The van der Waals surface area contributed by atoms with Crippen LogP contribution in [-0.2, 0) is 4.74 Å². The van der Waals surface area contributed by atoms with Crippen LogP contribution in [0, 0.1) is 26.6 Å². The highest BCUT2D eigenvalue weighted by Crippen LogP contribution is 2.34. The number of aryl methyl sites for hydroxylation is 3. The topological polar surface area (TPSA) is 62.1 Å². The molecule has 1 aromatic carbocycles. The number of fused-ring (bicyclic) bond motifs is 1. The first-order chi connectivity index (χ1) is 17.9. The number of hydrogen-bond acceptors (Lipinski definition) is 4. The Kier molecular flexibility index (Phi) is 8.15. The molecular formula is C27H33F4N5O2. The number of alkyl halides is 3. The Hall–Kier alpha value is -3.34. The summed E-state index contributed by atoms with van der Waals surface area (Å²) < 4.78 is 53.5. The summed E-state index contributed by atoms with van der Waals surface area (Å²) in [5.74, 6) is -0.423. The van der Waals surface area contributed by atoms with Gasteiger partial charge in [-0.2, -0.15) is 13.2 Å². The molecule has 5 rings (SSSR count). The summed E-state index contributed by atoms with van der Waals surface area (Å²) in [6.07, 6.45) is 0.0348. The summed E-state index contributed by atoms with van der Waals surface area (Å²) >= 11 is 0. The van der Waals surface area contributed by atoms with Gasteiger partial charge in [-0.15, -0.1) is 0 Å². The van der Waals surface area contributed by atoms with E-state index in [4.69, 9.17) is 9.72 Å². The van der Waals surface area contributed by atoms with Crippen LogP contribution in [0.4, 0.5) is 33.7 Å². The minimum absolute atomic E-state index is 0.188. The van der Waals surface area contributed by atoms with Crippen LogP contribution in [0.15, 0.2) is 24.4 Å². The van der Waals surface area contributed by atoms with E-state index in [1.165, 1.54) is 6.07 Å². The molecule has 0 atom stereocenters. The molecule has 1 N–H and O–H groups in total. The first-order valence-electron chi connectivity index (χ1n) is 12.7. The van der Waals surface area contributed by atoms with Gasteiger partial charge in [0.25, 0.3) is 0 Å². The molecule has 2 aliphatic rings. The van der Waals surface area contributed by atoms with E-state index in [1.807, 2.05) is 13.8 Å². The van der Waals surface area contributed by atoms with Crippen LogP contribution in [0.3, 0.4) is 0 Å². The largest absolute Gasteiger partial charge is 0.386 e. The summed E-state index contributed by atoms with van der Waals surface area (Å²) in [7, 11) is 0. The lowest BCUT2D eigenvalue weighted by atomic mass is 10.00. The summed E-state index contributed by atoms with van der Waals surface area (Å²) in [6, 6.07) is 5.13. The average Bonchev–Trinajstić information content (AvgIpc) is 3.49. The number of likely N-dealkylation sites (tertiary alicyclic amines) is 1. The highest BCUT2D eigenvalue weighted by Gasteiger charge is 2.22. The number of benzene rings is 1. The lowest BCUT2D eigenvalue weighted by Gasteiger charge is -2.29. The Morgan fingerprint density at radius 3 is 2.29 bits per heavy atom. The van der Waals surface area contributed by atoms with Gasteiger partial charge in [0, 0.05) is 50.6 Å². The zero-order valence-electron chi connectivity index (χ0n) is 22.1. The number of urea groups is 1. The molecule has 0 radical (unpaired) electrons. The van der Waals surface area contributed by atoms with Crippen molar-refractivity contribution in [1.82, 2.24) is 14.3 Å². The fraction of sp³-hybridized carbons (Fsp3) is 0.481. The molecule has 2 fully saturated rings. The molecule has 0 aliphatic carbocycles. The monoisotopic (exact) mass is 535 g/mol. The second-order valence-corrected chi connectivity index (χ2v) is 9.74. The number of hydrogen-bond donors (Lipinski definition) is 1. The highest BCUT2D eigenvalue weighted by atomic mass is 19.4. The van der Waals surface area contributed by atoms with Gasteiger partial charge in [0.2, 0.25) is 0 Å². The van der Waals surface area contributed by atoms with Crippen molar-refractivity contribution in [2.24, 2.45) is 0 Å². The van der Waals surface area contributed by atoms with E-state index >= 15 is 0 Å². The molecule has 2 saturated heterocycles. The number of carbonyl (C=O) groups excluding carboxylic acids is 1. The molecule has 7 nitrogen and oxygen atoms in total. The van der Waals surface area contributed by atoms with E-state index in [9.17, 15) is 22.4 Å². The maximum absolute atomic E-state index is 14.8. The summed E-state index contributed by atoms with van der Waals surface area (Å²) in [5.41, 5.74) is 6.87. The van der Waals surface area contributed by atoms with Gasteiger partial charge in [0.15, 0.2) is 5.65 Å². The molecule has 0 bridgehead atoms. The number of carbonyl (C=O) groups is 1. The van der Waals surface area contributed by atoms with Crippen molar-refractivity contribution in [2.75, 3.05) is 49.6 Å². The molecule has 206 valence electrons. The van der Waals surface area contributed by atoms with Crippen LogP contribution in [0.25, 0.3) is 16.8 Å². The number of ether oxygens (including phenoxy) is 1. The van der Waals surface area contributed by atoms with Gasteiger partial charge < -0.3 is 24.3 Å². The van der Waals surface area contributed by atoms with Gasteiger partial charge >= 0.3 is 12.2 Å². The predicted molar refractivity (Wildman–Crippen MR) is 139 cm³/mol. The van der Waals surface area contributed by atoms with Crippen molar-refractivity contribution in [2.45, 2.75) is 46.7 Å². The number of aromatic nitrogens is 2. The normalized spacial score (nSPS) is 16.0. The molecule has 2 aromatic heterocycles. The molecule has 2 aliphatic heterocycles. The number of amides is 2. The molecule has 2 amide bonds. The molecule has 0 spiro atoms. The third-order valence-electron chi connectivity index (χ3n) is 6.79. The predicted octanol–water partition coefficient (Wildman–Crippen LogP) is 6.10. The van der Waals surface area contributed by atoms with Gasteiger partial charge in [-0.3, -0.25) is 0 Å². The second-order valence-electron chi connectivity index (χ2n) is 9.74. The number of halogens is 4. The van der Waals surface area contributed by atoms with Gasteiger partial charge in [-0.25, -0.2) is 14.2 Å². The molecule has 0 saturated carbocycles. The third kappa shape index (κ3) is 6.38. The summed E-state index contributed by atoms with van der Waals surface area (Å²) in [5, 5.41) is 2.79. The molecular weight excluding hydrogens is 502 g/mol.